The van der Waals surface area contributed by atoms with E-state index in [0.29, 0.717) is 42.1 Å². The molecule has 0 bridgehead atoms. The van der Waals surface area contributed by atoms with Crippen molar-refractivity contribution in [2.45, 2.75) is 12.8 Å². The normalized spacial score (nSPS) is 10.5. The molecule has 0 aliphatic carbocycles. The molecule has 3 nitrogen and oxygen atoms in total. The topological polar surface area (TPSA) is 38.3 Å². The van der Waals surface area contributed by atoms with Crippen molar-refractivity contribution in [3.63, 3.8) is 0 Å². The number of halogens is 3. The molecule has 1 aromatic rings. The molecule has 0 unspecified atom stereocenters. The van der Waals surface area contributed by atoms with Crippen LogP contribution in [0.15, 0.2) is 18.2 Å². The molecule has 19 heavy (non-hydrogen) atoms. The van der Waals surface area contributed by atoms with Crippen molar-refractivity contribution in [2.24, 2.45) is 0 Å². The van der Waals surface area contributed by atoms with E-state index >= 15 is 0 Å². The number of carbonyl (C=O) groups is 1. The van der Waals surface area contributed by atoms with Crippen LogP contribution in [-0.4, -0.2) is 31.5 Å². The van der Waals surface area contributed by atoms with E-state index in [0.717, 1.165) is 12.0 Å². The van der Waals surface area contributed by atoms with Crippen molar-refractivity contribution in [1.29, 1.82) is 0 Å². The van der Waals surface area contributed by atoms with Gasteiger partial charge in [-0.1, -0.05) is 29.3 Å². The molecule has 1 N–H and O–H groups in total. The lowest BCUT2D eigenvalue weighted by atomic mass is 10.1. The number of carbonyl (C=O) groups excluding carboxylic acids is 1. The fraction of sp³-hybridized carbons (Fsp3) is 0.462. The Labute approximate surface area is 128 Å². The fourth-order valence-electron chi connectivity index (χ4n) is 1.46. The van der Waals surface area contributed by atoms with E-state index in [4.69, 9.17) is 39.5 Å². The Balaban J connectivity index is 2.21. The third kappa shape index (κ3) is 7.02. The molecule has 0 aliphatic rings. The van der Waals surface area contributed by atoms with Crippen molar-refractivity contribution in [2.75, 3.05) is 25.6 Å². The molecule has 0 fully saturated rings. The Morgan fingerprint density at radius 2 is 2.00 bits per heavy atom. The third-order valence-corrected chi connectivity index (χ3v) is 3.25. The van der Waals surface area contributed by atoms with Crippen LogP contribution >= 0.6 is 34.8 Å². The highest BCUT2D eigenvalue weighted by Gasteiger charge is 2.05. The Hall–Kier alpha value is -0.480. The molecule has 1 aromatic carbocycles. The van der Waals surface area contributed by atoms with Crippen molar-refractivity contribution in [3.8, 4) is 0 Å². The zero-order valence-electron chi connectivity index (χ0n) is 10.4. The summed E-state index contributed by atoms with van der Waals surface area (Å²) in [5.74, 6) is 0.444. The predicted molar refractivity (Wildman–Crippen MR) is 79.3 cm³/mol. The SMILES string of the molecule is O=C(Cc1ccc(Cl)c(Cl)c1)NCCCOCCCl. The van der Waals surface area contributed by atoms with Gasteiger partial charge < -0.3 is 10.1 Å². The van der Waals surface area contributed by atoms with Gasteiger partial charge in [-0.05, 0) is 24.1 Å². The summed E-state index contributed by atoms with van der Waals surface area (Å²) >= 11 is 17.2. The standard InChI is InChI=1S/C13H16Cl3NO2/c14-4-7-19-6-1-5-17-13(18)9-10-2-3-11(15)12(16)8-10/h2-3,8H,1,4-7,9H2,(H,17,18). The molecule has 0 aliphatic heterocycles. The second kappa shape index (κ2) is 9.43. The van der Waals surface area contributed by atoms with Crippen LogP contribution in [0.4, 0.5) is 0 Å². The first-order valence-corrected chi connectivity index (χ1v) is 7.27. The van der Waals surface area contributed by atoms with Gasteiger partial charge in [0.25, 0.3) is 0 Å². The second-order valence-electron chi connectivity index (χ2n) is 3.93. The van der Waals surface area contributed by atoms with Gasteiger partial charge >= 0.3 is 0 Å². The van der Waals surface area contributed by atoms with E-state index in [1.807, 2.05) is 0 Å². The number of nitrogens with one attached hydrogen (secondary N) is 1. The first kappa shape index (κ1) is 16.6. The number of ether oxygens (including phenoxy) is 1. The lowest BCUT2D eigenvalue weighted by Crippen LogP contribution is -2.26. The van der Waals surface area contributed by atoms with E-state index in [2.05, 4.69) is 5.32 Å². The van der Waals surface area contributed by atoms with Gasteiger partial charge in [-0.3, -0.25) is 4.79 Å². The minimum Gasteiger partial charge on any atom is -0.380 e. The van der Waals surface area contributed by atoms with Gasteiger partial charge in [0.15, 0.2) is 0 Å². The Kier molecular flexibility index (Phi) is 8.22. The Morgan fingerprint density at radius 1 is 1.21 bits per heavy atom. The summed E-state index contributed by atoms with van der Waals surface area (Å²) in [6, 6.07) is 5.18. The minimum atomic E-state index is -0.0456. The summed E-state index contributed by atoms with van der Waals surface area (Å²) in [5, 5.41) is 3.76. The maximum Gasteiger partial charge on any atom is 0.224 e. The predicted octanol–water partition coefficient (Wildman–Crippen LogP) is 3.30. The quantitative estimate of drug-likeness (QED) is 0.588. The van der Waals surface area contributed by atoms with Crippen LogP contribution in [-0.2, 0) is 16.0 Å². The number of amides is 1. The molecule has 0 aromatic heterocycles. The summed E-state index contributed by atoms with van der Waals surface area (Å²) < 4.78 is 5.20. The molecular weight excluding hydrogens is 309 g/mol. The molecule has 1 amide bonds. The molecule has 106 valence electrons. The monoisotopic (exact) mass is 323 g/mol. The van der Waals surface area contributed by atoms with Crippen molar-refractivity contribution in [3.05, 3.63) is 33.8 Å². The van der Waals surface area contributed by atoms with Crippen LogP contribution in [0.1, 0.15) is 12.0 Å². The summed E-state index contributed by atoms with van der Waals surface area (Å²) in [6.45, 7) is 1.72. The highest BCUT2D eigenvalue weighted by Crippen LogP contribution is 2.22. The summed E-state index contributed by atoms with van der Waals surface area (Å²) in [6.07, 6.45) is 1.06. The molecule has 6 heteroatoms. The molecule has 1 rings (SSSR count). The number of hydrogen-bond acceptors (Lipinski definition) is 2. The van der Waals surface area contributed by atoms with E-state index in [9.17, 15) is 4.79 Å². The van der Waals surface area contributed by atoms with Gasteiger partial charge in [-0.15, -0.1) is 11.6 Å². The maximum atomic E-state index is 11.6. The zero-order chi connectivity index (χ0) is 14.1. The number of rotatable bonds is 8. The highest BCUT2D eigenvalue weighted by atomic mass is 35.5. The molecule has 0 spiro atoms. The third-order valence-electron chi connectivity index (χ3n) is 2.36. The smallest absolute Gasteiger partial charge is 0.224 e. The molecule has 0 atom stereocenters. The van der Waals surface area contributed by atoms with E-state index in [-0.39, 0.29) is 5.91 Å². The van der Waals surface area contributed by atoms with Gasteiger partial charge in [0.1, 0.15) is 0 Å². The number of hydrogen-bond donors (Lipinski definition) is 1. The Morgan fingerprint density at radius 3 is 2.68 bits per heavy atom. The average Bonchev–Trinajstić information content (AvgIpc) is 2.38. The summed E-state index contributed by atoms with van der Waals surface area (Å²) in [4.78, 5) is 11.6. The molecule has 0 saturated carbocycles. The van der Waals surface area contributed by atoms with Crippen molar-refractivity contribution < 1.29 is 9.53 Å². The van der Waals surface area contributed by atoms with Gasteiger partial charge in [0, 0.05) is 19.0 Å². The van der Waals surface area contributed by atoms with Crippen molar-refractivity contribution >= 4 is 40.7 Å². The summed E-state index contributed by atoms with van der Waals surface area (Å²) in [5.41, 5.74) is 0.838. The van der Waals surface area contributed by atoms with E-state index in [1.54, 1.807) is 18.2 Å². The van der Waals surface area contributed by atoms with E-state index in [1.165, 1.54) is 0 Å². The molecule has 0 heterocycles. The molecule has 0 radical (unpaired) electrons. The minimum absolute atomic E-state index is 0.0456. The van der Waals surface area contributed by atoms with Crippen LogP contribution in [0.25, 0.3) is 0 Å². The van der Waals surface area contributed by atoms with Crippen molar-refractivity contribution in [1.82, 2.24) is 5.32 Å². The van der Waals surface area contributed by atoms with Crippen LogP contribution in [0.5, 0.6) is 0 Å². The highest BCUT2D eigenvalue weighted by molar-refractivity contribution is 6.42. The van der Waals surface area contributed by atoms with Crippen LogP contribution in [0, 0.1) is 0 Å². The van der Waals surface area contributed by atoms with Gasteiger partial charge in [-0.25, -0.2) is 0 Å². The molecular formula is C13H16Cl3NO2. The average molecular weight is 325 g/mol. The van der Waals surface area contributed by atoms with Crippen LogP contribution in [0.3, 0.4) is 0 Å². The maximum absolute atomic E-state index is 11.6. The van der Waals surface area contributed by atoms with Gasteiger partial charge in [0.2, 0.25) is 5.91 Å². The van der Waals surface area contributed by atoms with E-state index < -0.39 is 0 Å². The number of alkyl halides is 1. The Bertz CT molecular complexity index is 413. The van der Waals surface area contributed by atoms with Crippen LogP contribution < -0.4 is 5.32 Å². The first-order chi connectivity index (χ1) is 9.13. The number of benzene rings is 1. The lowest BCUT2D eigenvalue weighted by molar-refractivity contribution is -0.120. The van der Waals surface area contributed by atoms with Gasteiger partial charge in [0.05, 0.1) is 23.1 Å². The lowest BCUT2D eigenvalue weighted by Gasteiger charge is -2.06. The summed E-state index contributed by atoms with van der Waals surface area (Å²) in [7, 11) is 0. The molecule has 0 saturated heterocycles. The largest absolute Gasteiger partial charge is 0.380 e. The first-order valence-electron chi connectivity index (χ1n) is 5.98. The van der Waals surface area contributed by atoms with Crippen LogP contribution in [0.2, 0.25) is 10.0 Å². The van der Waals surface area contributed by atoms with Gasteiger partial charge in [-0.2, -0.15) is 0 Å². The second-order valence-corrected chi connectivity index (χ2v) is 5.12. The fourth-order valence-corrected chi connectivity index (χ4v) is 1.89. The zero-order valence-corrected chi connectivity index (χ0v) is 12.7.